The third kappa shape index (κ3) is 4.33. The molecule has 2 aromatic rings. The average Bonchev–Trinajstić information content (AvgIpc) is 3.08. The molecule has 1 aromatic carbocycles. The maximum atomic E-state index is 12.7. The molecule has 0 spiro atoms. The first-order valence-electron chi connectivity index (χ1n) is 7.60. The van der Waals surface area contributed by atoms with E-state index in [-0.39, 0.29) is 24.5 Å². The minimum absolute atomic E-state index is 0.0354. The van der Waals surface area contributed by atoms with Crippen LogP contribution in [0.1, 0.15) is 23.4 Å². The van der Waals surface area contributed by atoms with E-state index in [2.05, 4.69) is 0 Å². The number of rotatable bonds is 7. The zero-order valence-electron chi connectivity index (χ0n) is 13.7. The third-order valence-corrected chi connectivity index (χ3v) is 4.90. The monoisotopic (exact) mass is 333 g/mol. The van der Waals surface area contributed by atoms with Gasteiger partial charge >= 0.3 is 0 Å². The Labute approximate surface area is 141 Å². The van der Waals surface area contributed by atoms with Gasteiger partial charge in [-0.05, 0) is 35.6 Å². The number of aliphatic hydroxyl groups excluding tert-OH is 1. The molecule has 0 saturated carbocycles. The molecule has 0 aliphatic rings. The Hall–Kier alpha value is -1.85. The average molecular weight is 333 g/mol. The number of thiophene rings is 1. The number of aliphatic hydroxyl groups is 1. The van der Waals surface area contributed by atoms with E-state index in [0.717, 1.165) is 17.7 Å². The number of amides is 1. The quantitative estimate of drug-likeness (QED) is 0.847. The molecule has 2 unspecified atom stereocenters. The van der Waals surface area contributed by atoms with Crippen LogP contribution in [0.4, 0.5) is 0 Å². The van der Waals surface area contributed by atoms with Crippen LogP contribution in [0.2, 0.25) is 0 Å². The fourth-order valence-corrected chi connectivity index (χ4v) is 3.43. The lowest BCUT2D eigenvalue weighted by atomic mass is 10.0. The number of hydrogen-bond donors (Lipinski definition) is 1. The maximum Gasteiger partial charge on any atom is 0.226 e. The molecule has 5 heteroatoms. The van der Waals surface area contributed by atoms with Crippen molar-refractivity contribution in [2.45, 2.75) is 19.4 Å². The van der Waals surface area contributed by atoms with Gasteiger partial charge in [0.05, 0.1) is 19.8 Å². The number of likely N-dealkylation sites (N-methyl/N-ethyl adjacent to an activating group) is 1. The van der Waals surface area contributed by atoms with E-state index in [1.54, 1.807) is 30.4 Å². The summed E-state index contributed by atoms with van der Waals surface area (Å²) >= 11 is 1.66. The Morgan fingerprint density at radius 2 is 2.00 bits per heavy atom. The van der Waals surface area contributed by atoms with Crippen molar-refractivity contribution < 1.29 is 14.6 Å². The van der Waals surface area contributed by atoms with E-state index in [1.807, 2.05) is 48.7 Å². The standard InChI is InChI=1S/C18H23NO3S/c1-13(11-16-5-4-10-23-16)18(21)19(2)17(12-20)14-6-8-15(22-3)9-7-14/h4-10,13,17,20H,11-12H2,1-3H3. The SMILES string of the molecule is COc1ccc(C(CO)N(C)C(=O)C(C)Cc2cccs2)cc1. The van der Waals surface area contributed by atoms with Crippen molar-refractivity contribution in [3.8, 4) is 5.75 Å². The topological polar surface area (TPSA) is 49.8 Å². The fourth-order valence-electron chi connectivity index (χ4n) is 2.60. The van der Waals surface area contributed by atoms with Crippen molar-refractivity contribution in [2.24, 2.45) is 5.92 Å². The van der Waals surface area contributed by atoms with Crippen LogP contribution in [0.25, 0.3) is 0 Å². The van der Waals surface area contributed by atoms with E-state index in [1.165, 1.54) is 4.88 Å². The van der Waals surface area contributed by atoms with Gasteiger partial charge in [-0.15, -0.1) is 11.3 Å². The van der Waals surface area contributed by atoms with Crippen molar-refractivity contribution in [2.75, 3.05) is 20.8 Å². The van der Waals surface area contributed by atoms with Crippen LogP contribution in [0, 0.1) is 5.92 Å². The summed E-state index contributed by atoms with van der Waals surface area (Å²) in [6.07, 6.45) is 0.724. The van der Waals surface area contributed by atoms with Crippen molar-refractivity contribution in [1.82, 2.24) is 4.90 Å². The van der Waals surface area contributed by atoms with Gasteiger partial charge in [0, 0.05) is 17.8 Å². The van der Waals surface area contributed by atoms with Crippen LogP contribution in [-0.4, -0.2) is 36.7 Å². The number of benzene rings is 1. The number of carbonyl (C=O) groups is 1. The molecule has 23 heavy (non-hydrogen) atoms. The molecule has 0 aliphatic heterocycles. The lowest BCUT2D eigenvalue weighted by Gasteiger charge is -2.29. The van der Waals surface area contributed by atoms with Crippen molar-refractivity contribution >= 4 is 17.2 Å². The van der Waals surface area contributed by atoms with E-state index in [4.69, 9.17) is 4.74 Å². The second-order valence-electron chi connectivity index (χ2n) is 5.61. The zero-order chi connectivity index (χ0) is 16.8. The Morgan fingerprint density at radius 1 is 1.30 bits per heavy atom. The highest BCUT2D eigenvalue weighted by Crippen LogP contribution is 2.24. The highest BCUT2D eigenvalue weighted by atomic mass is 32.1. The number of carbonyl (C=O) groups excluding carboxylic acids is 1. The normalized spacial score (nSPS) is 13.4. The molecular formula is C18H23NO3S. The summed E-state index contributed by atoms with van der Waals surface area (Å²) < 4.78 is 5.15. The maximum absolute atomic E-state index is 12.7. The molecular weight excluding hydrogens is 310 g/mol. The summed E-state index contributed by atoms with van der Waals surface area (Å²) in [4.78, 5) is 15.5. The van der Waals surface area contributed by atoms with Gasteiger partial charge < -0.3 is 14.7 Å². The zero-order valence-corrected chi connectivity index (χ0v) is 14.5. The first-order chi connectivity index (χ1) is 11.1. The first kappa shape index (κ1) is 17.5. The smallest absolute Gasteiger partial charge is 0.226 e. The molecule has 1 N–H and O–H groups in total. The molecule has 0 saturated heterocycles. The lowest BCUT2D eigenvalue weighted by Crippen LogP contribution is -2.37. The lowest BCUT2D eigenvalue weighted by molar-refractivity contribution is -0.136. The molecule has 1 amide bonds. The predicted octanol–water partition coefficient (Wildman–Crippen LogP) is 3.13. The minimum atomic E-state index is -0.348. The van der Waals surface area contributed by atoms with Gasteiger partial charge in [-0.3, -0.25) is 4.79 Å². The molecule has 2 atom stereocenters. The van der Waals surface area contributed by atoms with Crippen LogP contribution < -0.4 is 4.74 Å². The van der Waals surface area contributed by atoms with Gasteiger partial charge in [-0.2, -0.15) is 0 Å². The number of ether oxygens (including phenoxy) is 1. The summed E-state index contributed by atoms with van der Waals surface area (Å²) in [6, 6.07) is 11.1. The van der Waals surface area contributed by atoms with Gasteiger partial charge in [0.2, 0.25) is 5.91 Å². The summed E-state index contributed by atoms with van der Waals surface area (Å²) in [7, 11) is 3.36. The van der Waals surface area contributed by atoms with E-state index in [9.17, 15) is 9.90 Å². The van der Waals surface area contributed by atoms with Gasteiger partial charge in [0.1, 0.15) is 5.75 Å². The van der Waals surface area contributed by atoms with Crippen LogP contribution in [0.5, 0.6) is 5.75 Å². The molecule has 4 nitrogen and oxygen atoms in total. The van der Waals surface area contributed by atoms with Gasteiger partial charge in [-0.25, -0.2) is 0 Å². The van der Waals surface area contributed by atoms with E-state index in [0.29, 0.717) is 0 Å². The molecule has 1 heterocycles. The van der Waals surface area contributed by atoms with Crippen LogP contribution in [-0.2, 0) is 11.2 Å². The van der Waals surface area contributed by atoms with Crippen molar-refractivity contribution in [1.29, 1.82) is 0 Å². The van der Waals surface area contributed by atoms with Gasteiger partial charge in [0.25, 0.3) is 0 Å². The summed E-state index contributed by atoms with van der Waals surface area (Å²) in [6.45, 7) is 1.82. The third-order valence-electron chi connectivity index (χ3n) is 4.00. The van der Waals surface area contributed by atoms with Crippen LogP contribution in [0.15, 0.2) is 41.8 Å². The Kier molecular flexibility index (Phi) is 6.19. The number of hydrogen-bond acceptors (Lipinski definition) is 4. The Bertz CT molecular complexity index is 610. The fraction of sp³-hybridized carbons (Fsp3) is 0.389. The number of nitrogens with zero attached hydrogens (tertiary/aromatic N) is 1. The molecule has 0 fully saturated rings. The summed E-state index contributed by atoms with van der Waals surface area (Å²) in [5, 5.41) is 11.8. The van der Waals surface area contributed by atoms with Gasteiger partial charge in [-0.1, -0.05) is 25.1 Å². The summed E-state index contributed by atoms with van der Waals surface area (Å²) in [5.74, 6) is 0.671. The van der Waals surface area contributed by atoms with E-state index < -0.39 is 0 Å². The predicted molar refractivity (Wildman–Crippen MR) is 92.8 cm³/mol. The molecule has 0 radical (unpaired) electrons. The van der Waals surface area contributed by atoms with Gasteiger partial charge in [0.15, 0.2) is 0 Å². The van der Waals surface area contributed by atoms with E-state index >= 15 is 0 Å². The molecule has 124 valence electrons. The second kappa shape index (κ2) is 8.13. The van der Waals surface area contributed by atoms with Crippen molar-refractivity contribution in [3.05, 3.63) is 52.2 Å². The second-order valence-corrected chi connectivity index (χ2v) is 6.64. The minimum Gasteiger partial charge on any atom is -0.497 e. The first-order valence-corrected chi connectivity index (χ1v) is 8.48. The molecule has 0 bridgehead atoms. The highest BCUT2D eigenvalue weighted by molar-refractivity contribution is 7.09. The summed E-state index contributed by atoms with van der Waals surface area (Å²) in [5.41, 5.74) is 0.896. The Balaban J connectivity index is 2.08. The Morgan fingerprint density at radius 3 is 2.52 bits per heavy atom. The van der Waals surface area contributed by atoms with Crippen LogP contribution >= 0.6 is 11.3 Å². The molecule has 2 rings (SSSR count). The molecule has 0 aliphatic carbocycles. The highest BCUT2D eigenvalue weighted by Gasteiger charge is 2.25. The van der Waals surface area contributed by atoms with Crippen LogP contribution in [0.3, 0.4) is 0 Å². The van der Waals surface area contributed by atoms with Crippen molar-refractivity contribution in [3.63, 3.8) is 0 Å². The largest absolute Gasteiger partial charge is 0.497 e. The molecule has 1 aromatic heterocycles. The number of methoxy groups -OCH3 is 1.